The predicted molar refractivity (Wildman–Crippen MR) is 83.5 cm³/mol. The zero-order chi connectivity index (χ0) is 15.3. The first kappa shape index (κ1) is 16.5. The molecular weight excluding hydrogens is 252 g/mol. The van der Waals surface area contributed by atoms with Gasteiger partial charge < -0.3 is 15.3 Å². The standard InChI is InChI=1S/C16H26N2O2/c1-6-17-16(4,15(19)20)9-10-18(5)14-8-7-12(2)11-13(14)3/h7-8,11,17H,6,9-10H2,1-5H3,(H,19,20). The van der Waals surface area contributed by atoms with E-state index in [0.717, 1.165) is 5.69 Å². The number of anilines is 1. The van der Waals surface area contributed by atoms with Gasteiger partial charge in [-0.2, -0.15) is 0 Å². The summed E-state index contributed by atoms with van der Waals surface area (Å²) in [5.74, 6) is -0.798. The third-order valence-electron chi connectivity index (χ3n) is 3.75. The van der Waals surface area contributed by atoms with Crippen LogP contribution in [0, 0.1) is 13.8 Å². The minimum atomic E-state index is -0.873. The monoisotopic (exact) mass is 278 g/mol. The first-order chi connectivity index (χ1) is 9.30. The van der Waals surface area contributed by atoms with E-state index in [4.69, 9.17) is 0 Å². The molecule has 0 fully saturated rings. The Morgan fingerprint density at radius 3 is 2.55 bits per heavy atom. The molecule has 2 N–H and O–H groups in total. The summed E-state index contributed by atoms with van der Waals surface area (Å²) in [4.78, 5) is 13.5. The van der Waals surface area contributed by atoms with Crippen molar-refractivity contribution in [2.75, 3.05) is 25.0 Å². The van der Waals surface area contributed by atoms with Crippen LogP contribution in [0.15, 0.2) is 18.2 Å². The highest BCUT2D eigenvalue weighted by atomic mass is 16.4. The van der Waals surface area contributed by atoms with Gasteiger partial charge in [-0.05, 0) is 45.4 Å². The van der Waals surface area contributed by atoms with E-state index in [1.165, 1.54) is 11.1 Å². The molecule has 4 nitrogen and oxygen atoms in total. The highest BCUT2D eigenvalue weighted by Crippen LogP contribution is 2.21. The smallest absolute Gasteiger partial charge is 0.323 e. The number of aryl methyl sites for hydroxylation is 2. The number of aliphatic carboxylic acids is 1. The molecule has 0 radical (unpaired) electrons. The molecule has 4 heteroatoms. The molecule has 0 saturated carbocycles. The third kappa shape index (κ3) is 3.97. The summed E-state index contributed by atoms with van der Waals surface area (Å²) < 4.78 is 0. The van der Waals surface area contributed by atoms with Gasteiger partial charge >= 0.3 is 5.97 Å². The molecule has 112 valence electrons. The van der Waals surface area contributed by atoms with Gasteiger partial charge in [0, 0.05) is 19.3 Å². The van der Waals surface area contributed by atoms with Crippen LogP contribution in [0.25, 0.3) is 0 Å². The molecule has 1 rings (SSSR count). The summed E-state index contributed by atoms with van der Waals surface area (Å²) in [5.41, 5.74) is 2.73. The topological polar surface area (TPSA) is 52.6 Å². The van der Waals surface area contributed by atoms with Crippen molar-refractivity contribution < 1.29 is 9.90 Å². The summed E-state index contributed by atoms with van der Waals surface area (Å²) in [7, 11) is 2.01. The van der Waals surface area contributed by atoms with Gasteiger partial charge in [0.05, 0.1) is 0 Å². The number of hydrogen-bond donors (Lipinski definition) is 2. The average molecular weight is 278 g/mol. The Hall–Kier alpha value is -1.55. The molecule has 0 aromatic heterocycles. The Balaban J connectivity index is 2.75. The van der Waals surface area contributed by atoms with Gasteiger partial charge in [-0.15, -0.1) is 0 Å². The third-order valence-corrected chi connectivity index (χ3v) is 3.75. The molecule has 0 amide bonds. The normalized spacial score (nSPS) is 13.8. The van der Waals surface area contributed by atoms with E-state index in [1.54, 1.807) is 6.92 Å². The highest BCUT2D eigenvalue weighted by Gasteiger charge is 2.31. The van der Waals surface area contributed by atoms with E-state index >= 15 is 0 Å². The largest absolute Gasteiger partial charge is 0.480 e. The zero-order valence-corrected chi connectivity index (χ0v) is 13.2. The molecule has 0 spiro atoms. The van der Waals surface area contributed by atoms with Crippen LogP contribution in [0.4, 0.5) is 5.69 Å². The number of likely N-dealkylation sites (N-methyl/N-ethyl adjacent to an activating group) is 1. The van der Waals surface area contributed by atoms with Crippen LogP contribution in [0.1, 0.15) is 31.4 Å². The van der Waals surface area contributed by atoms with Crippen LogP contribution in [-0.4, -0.2) is 36.8 Å². The van der Waals surface area contributed by atoms with Crippen molar-refractivity contribution in [3.63, 3.8) is 0 Å². The van der Waals surface area contributed by atoms with Gasteiger partial charge in [-0.3, -0.25) is 4.79 Å². The van der Waals surface area contributed by atoms with Crippen LogP contribution in [0.5, 0.6) is 0 Å². The molecule has 0 heterocycles. The minimum Gasteiger partial charge on any atom is -0.480 e. The Bertz CT molecular complexity index is 474. The van der Waals surface area contributed by atoms with Gasteiger partial charge in [-0.1, -0.05) is 24.6 Å². The average Bonchev–Trinajstić information content (AvgIpc) is 2.36. The lowest BCUT2D eigenvalue weighted by Crippen LogP contribution is -2.51. The number of hydrogen-bond acceptors (Lipinski definition) is 3. The van der Waals surface area contributed by atoms with Gasteiger partial charge in [0.15, 0.2) is 0 Å². The molecular formula is C16H26N2O2. The first-order valence-corrected chi connectivity index (χ1v) is 7.07. The lowest BCUT2D eigenvalue weighted by Gasteiger charge is -2.29. The number of nitrogens with zero attached hydrogens (tertiary/aromatic N) is 1. The quantitative estimate of drug-likeness (QED) is 0.805. The van der Waals surface area contributed by atoms with E-state index in [9.17, 15) is 9.90 Å². The molecule has 0 bridgehead atoms. The fraction of sp³-hybridized carbons (Fsp3) is 0.562. The lowest BCUT2D eigenvalue weighted by molar-refractivity contribution is -0.144. The Morgan fingerprint density at radius 1 is 1.40 bits per heavy atom. The van der Waals surface area contributed by atoms with Crippen LogP contribution < -0.4 is 10.2 Å². The summed E-state index contributed by atoms with van der Waals surface area (Å²) in [6.45, 7) is 9.17. The van der Waals surface area contributed by atoms with Crippen LogP contribution in [0.3, 0.4) is 0 Å². The summed E-state index contributed by atoms with van der Waals surface area (Å²) in [6, 6.07) is 6.32. The van der Waals surface area contributed by atoms with Crippen molar-refractivity contribution in [3.05, 3.63) is 29.3 Å². The van der Waals surface area contributed by atoms with Gasteiger partial charge in [-0.25, -0.2) is 0 Å². The maximum atomic E-state index is 11.4. The lowest BCUT2D eigenvalue weighted by atomic mass is 9.97. The highest BCUT2D eigenvalue weighted by molar-refractivity contribution is 5.78. The maximum Gasteiger partial charge on any atom is 0.323 e. The molecule has 0 aliphatic heterocycles. The maximum absolute atomic E-state index is 11.4. The van der Waals surface area contributed by atoms with Crippen molar-refractivity contribution >= 4 is 11.7 Å². The number of benzene rings is 1. The fourth-order valence-corrected chi connectivity index (χ4v) is 2.41. The molecule has 1 aromatic carbocycles. The predicted octanol–water partition coefficient (Wildman–Crippen LogP) is 2.58. The van der Waals surface area contributed by atoms with Crippen molar-refractivity contribution in [3.8, 4) is 0 Å². The minimum absolute atomic E-state index is 0.556. The van der Waals surface area contributed by atoms with Crippen molar-refractivity contribution in [2.45, 2.75) is 39.7 Å². The summed E-state index contributed by atoms with van der Waals surface area (Å²) in [5, 5.41) is 12.4. The van der Waals surface area contributed by atoms with Crippen molar-refractivity contribution in [2.24, 2.45) is 0 Å². The van der Waals surface area contributed by atoms with E-state index in [-0.39, 0.29) is 0 Å². The fourth-order valence-electron chi connectivity index (χ4n) is 2.41. The Morgan fingerprint density at radius 2 is 2.05 bits per heavy atom. The second kappa shape index (κ2) is 6.75. The number of carbonyl (C=O) groups is 1. The van der Waals surface area contributed by atoms with Crippen LogP contribution >= 0.6 is 0 Å². The Kier molecular flexibility index (Phi) is 5.57. The molecule has 1 atom stereocenters. The van der Waals surface area contributed by atoms with Crippen molar-refractivity contribution in [1.82, 2.24) is 5.32 Å². The van der Waals surface area contributed by atoms with E-state index in [1.807, 2.05) is 14.0 Å². The molecule has 1 aromatic rings. The number of carboxylic acids is 1. The van der Waals surface area contributed by atoms with E-state index in [0.29, 0.717) is 19.5 Å². The Labute approximate surface area is 121 Å². The van der Waals surface area contributed by atoms with Crippen LogP contribution in [0.2, 0.25) is 0 Å². The van der Waals surface area contributed by atoms with Gasteiger partial charge in [0.2, 0.25) is 0 Å². The molecule has 20 heavy (non-hydrogen) atoms. The molecule has 0 aliphatic rings. The second-order valence-corrected chi connectivity index (χ2v) is 5.63. The van der Waals surface area contributed by atoms with Crippen LogP contribution in [-0.2, 0) is 4.79 Å². The van der Waals surface area contributed by atoms with Crippen molar-refractivity contribution in [1.29, 1.82) is 0 Å². The SMILES string of the molecule is CCNC(C)(CCN(C)c1ccc(C)cc1C)C(=O)O. The molecule has 1 unspecified atom stereocenters. The summed E-state index contributed by atoms with van der Waals surface area (Å²) >= 11 is 0. The van der Waals surface area contributed by atoms with E-state index < -0.39 is 11.5 Å². The molecule has 0 saturated heterocycles. The molecule has 0 aliphatic carbocycles. The van der Waals surface area contributed by atoms with Gasteiger partial charge in [0.1, 0.15) is 5.54 Å². The first-order valence-electron chi connectivity index (χ1n) is 7.07. The second-order valence-electron chi connectivity index (χ2n) is 5.63. The number of carboxylic acid groups (broad SMARTS) is 1. The van der Waals surface area contributed by atoms with Gasteiger partial charge in [0.25, 0.3) is 0 Å². The summed E-state index contributed by atoms with van der Waals surface area (Å²) in [6.07, 6.45) is 0.556. The zero-order valence-electron chi connectivity index (χ0n) is 13.2. The van der Waals surface area contributed by atoms with E-state index in [2.05, 4.69) is 42.3 Å². The number of nitrogens with one attached hydrogen (secondary N) is 1. The number of rotatable bonds is 7.